The molecule has 190 valence electrons. The summed E-state index contributed by atoms with van der Waals surface area (Å²) < 4.78 is 42.5. The summed E-state index contributed by atoms with van der Waals surface area (Å²) in [5.41, 5.74) is -0.242. The number of carboxylic acid groups (broad SMARTS) is 1. The first-order valence-corrected chi connectivity index (χ1v) is 11.7. The van der Waals surface area contributed by atoms with Crippen LogP contribution in [0.4, 0.5) is 23.7 Å². The number of benzene rings is 1. The third-order valence-corrected chi connectivity index (χ3v) is 7.27. The minimum atomic E-state index is -4.42. The maximum atomic E-state index is 13.8. The van der Waals surface area contributed by atoms with Gasteiger partial charge in [-0.2, -0.15) is 23.0 Å². The molecule has 0 atom stereocenters. The molecule has 2 saturated heterocycles. The number of nitrogens with zero attached hydrogens (tertiary/aromatic N) is 5. The summed E-state index contributed by atoms with van der Waals surface area (Å²) in [5.74, 6) is -1.20. The highest BCUT2D eigenvalue weighted by Gasteiger charge is 2.38. The van der Waals surface area contributed by atoms with E-state index in [1.165, 1.54) is 18.3 Å². The van der Waals surface area contributed by atoms with Gasteiger partial charge in [0.15, 0.2) is 5.69 Å². The lowest BCUT2D eigenvalue weighted by Crippen LogP contribution is -2.53. The molecule has 0 radical (unpaired) electrons. The number of aromatic nitrogens is 2. The molecule has 35 heavy (non-hydrogen) atoms. The number of alkyl halides is 3. The van der Waals surface area contributed by atoms with E-state index in [2.05, 4.69) is 16.9 Å². The van der Waals surface area contributed by atoms with Crippen molar-refractivity contribution in [2.75, 3.05) is 38.1 Å². The van der Waals surface area contributed by atoms with Crippen LogP contribution in [-0.2, 0) is 12.7 Å². The molecule has 0 saturated carbocycles. The molecule has 0 aliphatic carbocycles. The second-order valence-corrected chi connectivity index (χ2v) is 9.62. The number of hydrogen-bond donors (Lipinski definition) is 1. The number of amides is 1. The van der Waals surface area contributed by atoms with E-state index in [-0.39, 0.29) is 16.9 Å². The molecule has 3 heterocycles. The quantitative estimate of drug-likeness (QED) is 0.674. The van der Waals surface area contributed by atoms with Gasteiger partial charge in [0.25, 0.3) is 0 Å². The van der Waals surface area contributed by atoms with E-state index in [0.717, 1.165) is 17.5 Å². The Morgan fingerprint density at radius 3 is 2.34 bits per heavy atom. The van der Waals surface area contributed by atoms with Crippen LogP contribution in [0.15, 0.2) is 30.5 Å². The van der Waals surface area contributed by atoms with Crippen molar-refractivity contribution in [3.63, 3.8) is 0 Å². The van der Waals surface area contributed by atoms with Crippen molar-refractivity contribution in [1.29, 1.82) is 0 Å². The van der Waals surface area contributed by atoms with E-state index in [1.54, 1.807) is 17.0 Å². The highest BCUT2D eigenvalue weighted by atomic mass is 19.4. The zero-order valence-electron chi connectivity index (χ0n) is 19.9. The van der Waals surface area contributed by atoms with Crippen LogP contribution in [0.2, 0.25) is 0 Å². The molecule has 2 aromatic rings. The Hall–Kier alpha value is -3.08. The third kappa shape index (κ3) is 5.29. The Labute approximate surface area is 201 Å². The summed E-state index contributed by atoms with van der Waals surface area (Å²) in [6.07, 6.45) is -0.0347. The Bertz CT molecular complexity index is 1090. The van der Waals surface area contributed by atoms with Crippen molar-refractivity contribution in [2.24, 2.45) is 0 Å². The predicted molar refractivity (Wildman–Crippen MR) is 124 cm³/mol. The van der Waals surface area contributed by atoms with Crippen molar-refractivity contribution in [2.45, 2.75) is 50.9 Å². The molecule has 1 N–H and O–H groups in total. The molecule has 2 fully saturated rings. The average Bonchev–Trinajstić information content (AvgIpc) is 3.51. The first kappa shape index (κ1) is 25.0. The zero-order chi connectivity index (χ0) is 25.4. The van der Waals surface area contributed by atoms with Crippen LogP contribution in [-0.4, -0.2) is 75.5 Å². The molecule has 2 aliphatic heterocycles. The number of anilines is 1. The van der Waals surface area contributed by atoms with Crippen LogP contribution in [0.25, 0.3) is 0 Å². The van der Waals surface area contributed by atoms with Crippen molar-refractivity contribution in [3.8, 4) is 0 Å². The minimum Gasteiger partial charge on any atom is -0.476 e. The van der Waals surface area contributed by atoms with E-state index < -0.39 is 23.7 Å². The lowest BCUT2D eigenvalue weighted by molar-refractivity contribution is -0.137. The van der Waals surface area contributed by atoms with Gasteiger partial charge >= 0.3 is 18.2 Å². The van der Waals surface area contributed by atoms with Gasteiger partial charge in [-0.05, 0) is 63.4 Å². The largest absolute Gasteiger partial charge is 0.476 e. The van der Waals surface area contributed by atoms with Crippen LogP contribution in [0, 0.1) is 0 Å². The molecule has 0 unspecified atom stereocenters. The number of hydrogen-bond acceptors (Lipinski definition) is 5. The molecular weight excluding hydrogens is 463 g/mol. The maximum Gasteiger partial charge on any atom is 0.418 e. The lowest BCUT2D eigenvalue weighted by atomic mass is 9.87. The van der Waals surface area contributed by atoms with E-state index in [4.69, 9.17) is 5.11 Å². The van der Waals surface area contributed by atoms with Crippen molar-refractivity contribution < 1.29 is 27.9 Å². The summed E-state index contributed by atoms with van der Waals surface area (Å²) in [6, 6.07) is 5.51. The molecular formula is C24H30F3N5O3. The van der Waals surface area contributed by atoms with Gasteiger partial charge < -0.3 is 14.9 Å². The van der Waals surface area contributed by atoms with Gasteiger partial charge in [0.2, 0.25) is 0 Å². The molecule has 8 nitrogen and oxygen atoms in total. The number of carbonyl (C=O) groups is 2. The molecule has 4 rings (SSSR count). The van der Waals surface area contributed by atoms with E-state index in [0.29, 0.717) is 51.1 Å². The summed E-state index contributed by atoms with van der Waals surface area (Å²) in [7, 11) is 1.89. The number of piperidine rings is 1. The predicted octanol–water partition coefficient (Wildman–Crippen LogP) is 4.15. The zero-order valence-corrected chi connectivity index (χ0v) is 19.9. The van der Waals surface area contributed by atoms with Gasteiger partial charge in [-0.15, -0.1) is 0 Å². The Balaban J connectivity index is 1.42. The standard InChI is InChI=1S/C24H30F3N5O3/c1-23(8-13-31(14-9-23)22(35)32-12-7-19(28-32)21(33)34)29(2)16-17-5-6-20(30-10-3-4-11-30)18(15-17)24(25,26)27/h5-7,12,15H,3-4,8-11,13-14,16H2,1-2H3,(H,33,34). The summed E-state index contributed by atoms with van der Waals surface area (Å²) in [6.45, 7) is 4.56. The van der Waals surface area contributed by atoms with Crippen molar-refractivity contribution in [1.82, 2.24) is 19.6 Å². The van der Waals surface area contributed by atoms with Crippen LogP contribution in [0.5, 0.6) is 0 Å². The molecule has 1 aromatic heterocycles. The fraction of sp³-hybridized carbons (Fsp3) is 0.542. The monoisotopic (exact) mass is 493 g/mol. The SMILES string of the molecule is CN(Cc1ccc(N2CCCC2)c(C(F)(F)F)c1)C1(C)CCN(C(=O)n2ccc(C(=O)O)n2)CC1. The normalized spacial score (nSPS) is 18.3. The van der Waals surface area contributed by atoms with Gasteiger partial charge in [0, 0.05) is 50.1 Å². The minimum absolute atomic E-state index is 0.200. The topological polar surface area (TPSA) is 81.9 Å². The Kier molecular flexibility index (Phi) is 6.81. The molecule has 1 amide bonds. The number of rotatable bonds is 5. The number of carboxylic acids is 1. The first-order valence-electron chi connectivity index (χ1n) is 11.7. The fourth-order valence-electron chi connectivity index (χ4n) is 4.86. The molecule has 0 bridgehead atoms. The fourth-order valence-corrected chi connectivity index (χ4v) is 4.86. The number of aromatic carboxylic acids is 1. The molecule has 11 heteroatoms. The summed E-state index contributed by atoms with van der Waals surface area (Å²) in [5, 5.41) is 12.8. The third-order valence-electron chi connectivity index (χ3n) is 7.27. The summed E-state index contributed by atoms with van der Waals surface area (Å²) >= 11 is 0. The molecule has 1 aromatic carbocycles. The second kappa shape index (κ2) is 9.52. The van der Waals surface area contributed by atoms with Crippen molar-refractivity contribution >= 4 is 17.7 Å². The smallest absolute Gasteiger partial charge is 0.418 e. The Morgan fingerprint density at radius 1 is 1.11 bits per heavy atom. The highest BCUT2D eigenvalue weighted by Crippen LogP contribution is 2.39. The average molecular weight is 494 g/mol. The number of halogens is 3. The second-order valence-electron chi connectivity index (χ2n) is 9.62. The van der Waals surface area contributed by atoms with Crippen LogP contribution in [0.3, 0.4) is 0 Å². The lowest BCUT2D eigenvalue weighted by Gasteiger charge is -2.45. The van der Waals surface area contributed by atoms with E-state index in [1.807, 2.05) is 11.9 Å². The first-order chi connectivity index (χ1) is 16.5. The number of likely N-dealkylation sites (tertiary alicyclic amines) is 1. The van der Waals surface area contributed by atoms with Gasteiger partial charge in [-0.1, -0.05) is 6.07 Å². The van der Waals surface area contributed by atoms with E-state index in [9.17, 15) is 22.8 Å². The van der Waals surface area contributed by atoms with Crippen LogP contribution in [0.1, 0.15) is 54.2 Å². The molecule has 0 spiro atoms. The molecule has 2 aliphatic rings. The maximum absolute atomic E-state index is 13.8. The van der Waals surface area contributed by atoms with Crippen molar-refractivity contribution in [3.05, 3.63) is 47.3 Å². The van der Waals surface area contributed by atoms with E-state index >= 15 is 0 Å². The summed E-state index contributed by atoms with van der Waals surface area (Å²) in [4.78, 5) is 29.2. The van der Waals surface area contributed by atoms with Gasteiger partial charge in [-0.25, -0.2) is 9.59 Å². The Morgan fingerprint density at radius 2 is 1.77 bits per heavy atom. The van der Waals surface area contributed by atoms with Gasteiger partial charge in [0.1, 0.15) is 0 Å². The van der Waals surface area contributed by atoms with Crippen LogP contribution < -0.4 is 4.90 Å². The van der Waals surface area contributed by atoms with Gasteiger partial charge in [0.05, 0.1) is 5.56 Å². The van der Waals surface area contributed by atoms with Crippen LogP contribution >= 0.6 is 0 Å². The highest BCUT2D eigenvalue weighted by molar-refractivity contribution is 5.86. The number of carbonyl (C=O) groups excluding carboxylic acids is 1. The van der Waals surface area contributed by atoms with Gasteiger partial charge in [-0.3, -0.25) is 4.90 Å².